The molecule has 0 saturated carbocycles. The first-order valence-electron chi connectivity index (χ1n) is 13.2. The Hall–Kier alpha value is -3.92. The Morgan fingerprint density at radius 3 is 1.98 bits per heavy atom. The second-order valence-electron chi connectivity index (χ2n) is 11.1. The van der Waals surface area contributed by atoms with Crippen LogP contribution in [0.15, 0.2) is 54.6 Å². The highest BCUT2D eigenvalue weighted by atomic mass is 16.6. The fourth-order valence-electron chi connectivity index (χ4n) is 4.00. The van der Waals surface area contributed by atoms with Gasteiger partial charge >= 0.3 is 6.09 Å². The molecule has 1 aliphatic rings. The van der Waals surface area contributed by atoms with Crippen molar-refractivity contribution in [2.75, 3.05) is 13.7 Å². The van der Waals surface area contributed by atoms with Crippen LogP contribution in [0.4, 0.5) is 4.79 Å². The van der Waals surface area contributed by atoms with E-state index in [0.717, 1.165) is 11.1 Å². The van der Waals surface area contributed by atoms with Crippen molar-refractivity contribution in [2.24, 2.45) is 0 Å². The number of hydrogen-bond donors (Lipinski definition) is 3. The molecular weight excluding hydrogens is 514 g/mol. The predicted octanol–water partition coefficient (Wildman–Crippen LogP) is 2.72. The summed E-state index contributed by atoms with van der Waals surface area (Å²) in [7, 11) is 1.55. The van der Waals surface area contributed by atoms with Gasteiger partial charge in [-0.3, -0.25) is 14.4 Å². The number of alkyl carbamates (subject to hydrolysis) is 1. The van der Waals surface area contributed by atoms with Crippen LogP contribution in [-0.4, -0.2) is 66.7 Å². The number of hydrogen-bond acceptors (Lipinski definition) is 7. The molecule has 2 aromatic carbocycles. The first-order chi connectivity index (χ1) is 18.8. The summed E-state index contributed by atoms with van der Waals surface area (Å²) in [6.07, 6.45) is -0.345. The molecule has 3 N–H and O–H groups in total. The zero-order valence-corrected chi connectivity index (χ0v) is 23.9. The second-order valence-corrected chi connectivity index (χ2v) is 11.1. The van der Waals surface area contributed by atoms with Gasteiger partial charge in [-0.15, -0.1) is 0 Å². The van der Waals surface area contributed by atoms with E-state index in [1.54, 1.807) is 59.1 Å². The van der Waals surface area contributed by atoms with Crippen LogP contribution in [-0.2, 0) is 36.7 Å². The average Bonchev–Trinajstić information content (AvgIpc) is 3.65. The lowest BCUT2D eigenvalue weighted by Gasteiger charge is -2.26. The molecule has 3 rings (SSSR count). The lowest BCUT2D eigenvalue weighted by molar-refractivity contribution is -0.133. The number of amides is 3. The van der Waals surface area contributed by atoms with Crippen molar-refractivity contribution in [2.45, 2.75) is 76.8 Å². The van der Waals surface area contributed by atoms with Gasteiger partial charge in [0.1, 0.15) is 29.0 Å². The highest BCUT2D eigenvalue weighted by Gasteiger charge is 2.50. The summed E-state index contributed by atoms with van der Waals surface area (Å²) in [6, 6.07) is 13.6. The number of ether oxygens (including phenoxy) is 3. The van der Waals surface area contributed by atoms with Crippen LogP contribution >= 0.6 is 0 Å². The fourth-order valence-corrected chi connectivity index (χ4v) is 4.00. The quantitative estimate of drug-likeness (QED) is 0.344. The molecule has 1 aliphatic heterocycles. The molecule has 10 nitrogen and oxygen atoms in total. The molecule has 2 aromatic rings. The minimum Gasteiger partial charge on any atom is -0.497 e. The topological polar surface area (TPSA) is 135 Å². The van der Waals surface area contributed by atoms with E-state index in [2.05, 4.69) is 16.0 Å². The van der Waals surface area contributed by atoms with E-state index in [1.165, 1.54) is 6.92 Å². The summed E-state index contributed by atoms with van der Waals surface area (Å²) in [5.41, 5.74) is -0.0548. The highest BCUT2D eigenvalue weighted by Crippen LogP contribution is 2.29. The number of benzene rings is 2. The molecular formula is C30H39N3O7. The molecule has 10 heteroatoms. The Morgan fingerprint density at radius 2 is 1.43 bits per heavy atom. The van der Waals surface area contributed by atoms with Gasteiger partial charge in [-0.1, -0.05) is 42.5 Å². The summed E-state index contributed by atoms with van der Waals surface area (Å²) in [5, 5.41) is 8.07. The molecule has 0 aliphatic carbocycles. The van der Waals surface area contributed by atoms with Gasteiger partial charge in [-0.05, 0) is 64.3 Å². The second kappa shape index (κ2) is 13.0. The molecule has 1 heterocycles. The largest absolute Gasteiger partial charge is 0.497 e. The molecule has 0 aromatic heterocycles. The van der Waals surface area contributed by atoms with Gasteiger partial charge in [0.2, 0.25) is 11.8 Å². The van der Waals surface area contributed by atoms with Crippen molar-refractivity contribution < 1.29 is 33.4 Å². The van der Waals surface area contributed by atoms with Gasteiger partial charge in [0, 0.05) is 6.42 Å². The standard InChI is InChI=1S/C30H39N3O7/c1-19(31-28(37)40-29(2,3)4)26(35)33-24(17-21-12-14-22(38-6)15-13-21)27(36)32-23(25(34)30(5)18-39-30)16-20-10-8-7-9-11-20/h7-15,19,23-24H,16-18H2,1-6H3,(H,31,37)(H,32,36)(H,33,35)/t19-,23-,24-,30+/m0/s1. The normalized spacial score (nSPS) is 18.4. The van der Waals surface area contributed by atoms with E-state index in [1.807, 2.05) is 30.3 Å². The van der Waals surface area contributed by atoms with Gasteiger partial charge in [0.05, 0.1) is 19.8 Å². The van der Waals surface area contributed by atoms with Crippen molar-refractivity contribution in [3.8, 4) is 5.75 Å². The Bertz CT molecular complexity index is 1190. The van der Waals surface area contributed by atoms with E-state index in [9.17, 15) is 19.2 Å². The van der Waals surface area contributed by atoms with Crippen molar-refractivity contribution in [3.63, 3.8) is 0 Å². The Labute approximate surface area is 235 Å². The maximum Gasteiger partial charge on any atom is 0.408 e. The number of methoxy groups -OCH3 is 1. The summed E-state index contributed by atoms with van der Waals surface area (Å²) >= 11 is 0. The van der Waals surface area contributed by atoms with Gasteiger partial charge < -0.3 is 30.2 Å². The van der Waals surface area contributed by atoms with E-state index < -0.39 is 47.2 Å². The van der Waals surface area contributed by atoms with E-state index >= 15 is 0 Å². The van der Waals surface area contributed by atoms with Crippen molar-refractivity contribution >= 4 is 23.7 Å². The summed E-state index contributed by atoms with van der Waals surface area (Å²) in [6.45, 7) is 8.62. The van der Waals surface area contributed by atoms with Crippen LogP contribution in [0.25, 0.3) is 0 Å². The van der Waals surface area contributed by atoms with Crippen molar-refractivity contribution in [1.29, 1.82) is 0 Å². The van der Waals surface area contributed by atoms with Crippen molar-refractivity contribution in [1.82, 2.24) is 16.0 Å². The SMILES string of the molecule is COc1ccc(C[C@H](NC(=O)[C@H](C)NC(=O)OC(C)(C)C)C(=O)N[C@@H](Cc2ccccc2)C(=O)[C@@]2(C)CO2)cc1. The van der Waals surface area contributed by atoms with Gasteiger partial charge in [0.15, 0.2) is 5.78 Å². The molecule has 1 fully saturated rings. The van der Waals surface area contributed by atoms with E-state index in [-0.39, 0.29) is 25.2 Å². The number of carbonyl (C=O) groups is 4. The fraction of sp³-hybridized carbons (Fsp3) is 0.467. The third-order valence-electron chi connectivity index (χ3n) is 6.37. The minimum absolute atomic E-state index is 0.140. The lowest BCUT2D eigenvalue weighted by atomic mass is 9.94. The minimum atomic E-state index is -1.04. The Morgan fingerprint density at radius 1 is 0.875 bits per heavy atom. The number of nitrogens with one attached hydrogen (secondary N) is 3. The van der Waals surface area contributed by atoms with E-state index in [4.69, 9.17) is 14.2 Å². The first-order valence-corrected chi connectivity index (χ1v) is 13.2. The summed E-state index contributed by atoms with van der Waals surface area (Å²) < 4.78 is 15.8. The molecule has 216 valence electrons. The molecule has 4 atom stereocenters. The van der Waals surface area contributed by atoms with Crippen LogP contribution in [0.3, 0.4) is 0 Å². The third kappa shape index (κ3) is 9.08. The number of carbonyl (C=O) groups excluding carboxylic acids is 4. The third-order valence-corrected chi connectivity index (χ3v) is 6.37. The summed E-state index contributed by atoms with van der Waals surface area (Å²) in [5.74, 6) is -0.704. The molecule has 0 bridgehead atoms. The average molecular weight is 554 g/mol. The Kier molecular flexibility index (Phi) is 9.92. The van der Waals surface area contributed by atoms with Crippen LogP contribution in [0.2, 0.25) is 0 Å². The van der Waals surface area contributed by atoms with Crippen LogP contribution in [0, 0.1) is 0 Å². The number of ketones is 1. The maximum atomic E-state index is 13.6. The number of rotatable bonds is 12. The Balaban J connectivity index is 1.79. The molecule has 40 heavy (non-hydrogen) atoms. The summed E-state index contributed by atoms with van der Waals surface area (Å²) in [4.78, 5) is 52.2. The maximum absolute atomic E-state index is 13.6. The van der Waals surface area contributed by atoms with Gasteiger partial charge in [0.25, 0.3) is 0 Å². The predicted molar refractivity (Wildman–Crippen MR) is 149 cm³/mol. The van der Waals surface area contributed by atoms with Crippen molar-refractivity contribution in [3.05, 3.63) is 65.7 Å². The van der Waals surface area contributed by atoms with E-state index in [0.29, 0.717) is 5.75 Å². The highest BCUT2D eigenvalue weighted by molar-refractivity contribution is 5.98. The van der Waals surface area contributed by atoms with Crippen LogP contribution in [0.1, 0.15) is 45.7 Å². The van der Waals surface area contributed by atoms with Gasteiger partial charge in [-0.25, -0.2) is 4.79 Å². The molecule has 0 spiro atoms. The lowest BCUT2D eigenvalue weighted by Crippen LogP contribution is -2.57. The van der Waals surface area contributed by atoms with Crippen LogP contribution in [0.5, 0.6) is 5.75 Å². The molecule has 0 radical (unpaired) electrons. The molecule has 1 saturated heterocycles. The first kappa shape index (κ1) is 30.6. The van der Waals surface area contributed by atoms with Gasteiger partial charge in [-0.2, -0.15) is 0 Å². The zero-order chi connectivity index (χ0) is 29.5. The monoisotopic (exact) mass is 553 g/mol. The number of Topliss-reactive ketones (excluding diaryl/α,β-unsaturated/α-hetero) is 1. The zero-order valence-electron chi connectivity index (χ0n) is 23.9. The molecule has 3 amide bonds. The smallest absolute Gasteiger partial charge is 0.408 e. The number of epoxide rings is 1. The molecule has 0 unspecified atom stereocenters. The van der Waals surface area contributed by atoms with Crippen LogP contribution < -0.4 is 20.7 Å².